The Balaban J connectivity index is 1.25. The average molecular weight is 533 g/mol. The van der Waals surface area contributed by atoms with Crippen molar-refractivity contribution in [3.8, 4) is 11.5 Å². The third-order valence-corrected chi connectivity index (χ3v) is 7.39. The highest BCUT2D eigenvalue weighted by atomic mass is 32.1. The number of hydrogen-bond donors (Lipinski definition) is 2. The summed E-state index contributed by atoms with van der Waals surface area (Å²) in [5.74, 6) is -0.163. The fourth-order valence-corrected chi connectivity index (χ4v) is 5.41. The van der Waals surface area contributed by atoms with Crippen molar-refractivity contribution >= 4 is 56.1 Å². The molecule has 0 spiro atoms. The molecule has 0 saturated heterocycles. The van der Waals surface area contributed by atoms with Crippen LogP contribution in [0.15, 0.2) is 72.9 Å². The van der Waals surface area contributed by atoms with Crippen LogP contribution in [-0.2, 0) is 11.2 Å². The zero-order valence-corrected chi connectivity index (χ0v) is 21.8. The zero-order valence-electron chi connectivity index (χ0n) is 20.2. The number of benzene rings is 2. The second-order valence-corrected chi connectivity index (χ2v) is 10.2. The Morgan fingerprint density at radius 2 is 2.00 bits per heavy atom. The molecule has 0 atom stereocenters. The normalized spacial score (nSPS) is 13.7. The third-order valence-electron chi connectivity index (χ3n) is 5.97. The van der Waals surface area contributed by atoms with E-state index in [1.165, 1.54) is 17.7 Å². The van der Waals surface area contributed by atoms with Crippen molar-refractivity contribution in [3.63, 3.8) is 0 Å². The maximum Gasteiger partial charge on any atom is 0.230 e. The van der Waals surface area contributed by atoms with Gasteiger partial charge in [-0.25, -0.2) is 4.39 Å². The van der Waals surface area contributed by atoms with Gasteiger partial charge in [0.25, 0.3) is 0 Å². The second kappa shape index (κ2) is 11.2. The van der Waals surface area contributed by atoms with Gasteiger partial charge >= 0.3 is 0 Å². The van der Waals surface area contributed by atoms with Crippen LogP contribution in [0.2, 0.25) is 0 Å². The summed E-state index contributed by atoms with van der Waals surface area (Å²) in [4.78, 5) is 20.1. The molecule has 6 nitrogen and oxygen atoms in total. The number of carbonyl (C=O) groups excluding carboxylic acids is 1. The lowest BCUT2D eigenvalue weighted by molar-refractivity contribution is -0.119. The molecule has 4 aromatic rings. The van der Waals surface area contributed by atoms with Gasteiger partial charge in [-0.1, -0.05) is 36.4 Å². The number of rotatable bonds is 6. The van der Waals surface area contributed by atoms with E-state index in [9.17, 15) is 9.18 Å². The lowest BCUT2D eigenvalue weighted by Crippen LogP contribution is -2.35. The number of anilines is 1. The zero-order chi connectivity index (χ0) is 25.8. The molecule has 1 amide bonds. The first-order valence-electron chi connectivity index (χ1n) is 11.8. The summed E-state index contributed by atoms with van der Waals surface area (Å²) in [5.41, 5.74) is 3.41. The van der Waals surface area contributed by atoms with Gasteiger partial charge in [0.1, 0.15) is 5.75 Å². The van der Waals surface area contributed by atoms with Crippen LogP contribution >= 0.6 is 23.6 Å². The SMILES string of the molecule is CN1CC=C(c2cc3nccc(Oc4ccc(NC(=S)NC(=O)Cc5ccccc5)cc4F)c3s2)CC1. The molecule has 2 aromatic heterocycles. The molecule has 3 heterocycles. The van der Waals surface area contributed by atoms with Gasteiger partial charge in [-0.15, -0.1) is 11.3 Å². The van der Waals surface area contributed by atoms with Crippen LogP contribution in [-0.4, -0.2) is 41.0 Å². The van der Waals surface area contributed by atoms with Crippen molar-refractivity contribution in [3.05, 3.63) is 89.2 Å². The van der Waals surface area contributed by atoms with Crippen LogP contribution in [0.3, 0.4) is 0 Å². The van der Waals surface area contributed by atoms with E-state index in [1.54, 1.807) is 29.7 Å². The molecule has 37 heavy (non-hydrogen) atoms. The van der Waals surface area contributed by atoms with Gasteiger partial charge in [0.15, 0.2) is 16.7 Å². The summed E-state index contributed by atoms with van der Waals surface area (Å²) < 4.78 is 21.8. The second-order valence-electron chi connectivity index (χ2n) is 8.79. The van der Waals surface area contributed by atoms with Gasteiger partial charge in [-0.2, -0.15) is 0 Å². The predicted molar refractivity (Wildman–Crippen MR) is 151 cm³/mol. The van der Waals surface area contributed by atoms with Crippen LogP contribution < -0.4 is 15.4 Å². The molecule has 0 radical (unpaired) electrons. The van der Waals surface area contributed by atoms with Crippen LogP contribution in [0.4, 0.5) is 10.1 Å². The lowest BCUT2D eigenvalue weighted by Gasteiger charge is -2.21. The first-order valence-corrected chi connectivity index (χ1v) is 13.1. The molecule has 9 heteroatoms. The van der Waals surface area contributed by atoms with Crippen molar-refractivity contribution in [1.82, 2.24) is 15.2 Å². The molecule has 5 rings (SSSR count). The topological polar surface area (TPSA) is 66.5 Å². The van der Waals surface area contributed by atoms with Crippen LogP contribution in [0.25, 0.3) is 15.8 Å². The van der Waals surface area contributed by atoms with Gasteiger partial charge in [0.2, 0.25) is 5.91 Å². The minimum absolute atomic E-state index is 0.0885. The molecule has 1 aliphatic heterocycles. The number of carbonyl (C=O) groups is 1. The molecule has 0 fully saturated rings. The number of hydrogen-bond acceptors (Lipinski definition) is 6. The number of likely N-dealkylation sites (N-methyl/N-ethyl adjacent to an activating group) is 1. The van der Waals surface area contributed by atoms with Crippen LogP contribution in [0, 0.1) is 5.82 Å². The number of fused-ring (bicyclic) bond motifs is 1. The quantitative estimate of drug-likeness (QED) is 0.297. The van der Waals surface area contributed by atoms with Crippen molar-refractivity contribution < 1.29 is 13.9 Å². The Labute approximate surface area is 223 Å². The Kier molecular flexibility index (Phi) is 7.55. The number of thiophene rings is 1. The third kappa shape index (κ3) is 6.19. The van der Waals surface area contributed by atoms with E-state index in [-0.39, 0.29) is 23.2 Å². The first-order chi connectivity index (χ1) is 17.9. The highest BCUT2D eigenvalue weighted by molar-refractivity contribution is 7.80. The number of aromatic nitrogens is 1. The van der Waals surface area contributed by atoms with E-state index in [0.717, 1.165) is 40.2 Å². The molecular formula is C28H25FN4O2S2. The number of nitrogens with zero attached hydrogens (tertiary/aromatic N) is 2. The van der Waals surface area contributed by atoms with E-state index in [1.807, 2.05) is 30.3 Å². The summed E-state index contributed by atoms with van der Waals surface area (Å²) in [5, 5.41) is 5.56. The van der Waals surface area contributed by atoms with E-state index in [0.29, 0.717) is 11.4 Å². The monoisotopic (exact) mass is 532 g/mol. The Bertz CT molecular complexity index is 1490. The smallest absolute Gasteiger partial charge is 0.230 e. The van der Waals surface area contributed by atoms with Crippen LogP contribution in [0.5, 0.6) is 11.5 Å². The number of amides is 1. The highest BCUT2D eigenvalue weighted by Crippen LogP contribution is 2.39. The molecule has 1 aliphatic rings. The molecular weight excluding hydrogens is 507 g/mol. The number of pyridine rings is 1. The number of halogens is 1. The van der Waals surface area contributed by atoms with Gasteiger partial charge in [-0.3, -0.25) is 9.78 Å². The Hall–Kier alpha value is -3.66. The minimum Gasteiger partial charge on any atom is -0.453 e. The van der Waals surface area contributed by atoms with Gasteiger partial charge < -0.3 is 20.3 Å². The predicted octanol–water partition coefficient (Wildman–Crippen LogP) is 6.00. The van der Waals surface area contributed by atoms with Crippen molar-refractivity contribution in [1.29, 1.82) is 0 Å². The van der Waals surface area contributed by atoms with E-state index < -0.39 is 5.82 Å². The lowest BCUT2D eigenvalue weighted by atomic mass is 10.1. The van der Waals surface area contributed by atoms with Crippen molar-refractivity contribution in [2.45, 2.75) is 12.8 Å². The molecule has 0 bridgehead atoms. The maximum atomic E-state index is 14.9. The highest BCUT2D eigenvalue weighted by Gasteiger charge is 2.16. The van der Waals surface area contributed by atoms with Crippen LogP contribution in [0.1, 0.15) is 16.9 Å². The first kappa shape index (κ1) is 25.0. The summed E-state index contributed by atoms with van der Waals surface area (Å²) >= 11 is 6.82. The number of ether oxygens (including phenoxy) is 1. The molecule has 188 valence electrons. The Morgan fingerprint density at radius 3 is 2.76 bits per heavy atom. The molecule has 2 aromatic carbocycles. The van der Waals surface area contributed by atoms with E-state index >= 15 is 0 Å². The number of nitrogens with one attached hydrogen (secondary N) is 2. The van der Waals surface area contributed by atoms with Gasteiger partial charge in [-0.05, 0) is 55.0 Å². The Morgan fingerprint density at radius 1 is 1.16 bits per heavy atom. The summed E-state index contributed by atoms with van der Waals surface area (Å²) in [6.07, 6.45) is 5.09. The maximum absolute atomic E-state index is 14.9. The summed E-state index contributed by atoms with van der Waals surface area (Å²) in [7, 11) is 2.11. The fourth-order valence-electron chi connectivity index (χ4n) is 4.04. The molecule has 2 N–H and O–H groups in total. The molecule has 0 unspecified atom stereocenters. The summed E-state index contributed by atoms with van der Waals surface area (Å²) in [6.45, 7) is 1.94. The standard InChI is InChI=1S/C28H25FN4O2S2/c1-33-13-10-19(11-14-33)25-17-22-27(37-25)24(9-12-30-22)35-23-8-7-20(16-21(23)29)31-28(36)32-26(34)15-18-5-3-2-4-6-18/h2-10,12,16-17H,11,13-15H2,1H3,(H2,31,32,34,36). The van der Waals surface area contributed by atoms with E-state index in [4.69, 9.17) is 17.0 Å². The van der Waals surface area contributed by atoms with Gasteiger partial charge in [0.05, 0.1) is 16.6 Å². The van der Waals surface area contributed by atoms with Crippen molar-refractivity contribution in [2.24, 2.45) is 0 Å². The average Bonchev–Trinajstić information content (AvgIpc) is 3.32. The van der Waals surface area contributed by atoms with Crippen molar-refractivity contribution in [2.75, 3.05) is 25.5 Å². The summed E-state index contributed by atoms with van der Waals surface area (Å²) in [6, 6.07) is 17.6. The van der Waals surface area contributed by atoms with Gasteiger partial charge in [0, 0.05) is 42.0 Å². The number of thiocarbonyl (C=S) groups is 1. The fraction of sp³-hybridized carbons (Fsp3) is 0.179. The molecule has 0 aliphatic carbocycles. The molecule has 0 saturated carbocycles. The largest absolute Gasteiger partial charge is 0.453 e. The minimum atomic E-state index is -0.553. The van der Waals surface area contributed by atoms with E-state index in [2.05, 4.69) is 39.7 Å².